The zero-order chi connectivity index (χ0) is 24.5. The summed E-state index contributed by atoms with van der Waals surface area (Å²) < 4.78 is 2.37. The van der Waals surface area contributed by atoms with Gasteiger partial charge in [0.05, 0.1) is 6.10 Å². The molecule has 0 spiro atoms. The summed E-state index contributed by atoms with van der Waals surface area (Å²) in [5, 5.41) is 14.8. The molecule has 3 aromatic rings. The molecular weight excluding hydrogens is 446 g/mol. The third-order valence-corrected chi connectivity index (χ3v) is 8.96. The van der Waals surface area contributed by atoms with Gasteiger partial charge in [-0.2, -0.15) is 4.98 Å². The number of aliphatic hydroxyl groups excluding tert-OH is 1. The maximum absolute atomic E-state index is 10.1. The molecule has 3 aliphatic rings. The Balaban J connectivity index is 1.30. The highest BCUT2D eigenvalue weighted by atomic mass is 16.3. The first-order chi connectivity index (χ1) is 17.6. The van der Waals surface area contributed by atoms with E-state index in [2.05, 4.69) is 52.2 Å². The van der Waals surface area contributed by atoms with E-state index in [-0.39, 0.29) is 6.10 Å². The largest absolute Gasteiger partial charge is 0.393 e. The topological polar surface area (TPSA) is 66.2 Å². The summed E-state index contributed by atoms with van der Waals surface area (Å²) in [6.07, 6.45) is 15.8. The summed E-state index contributed by atoms with van der Waals surface area (Å²) >= 11 is 0. The van der Waals surface area contributed by atoms with Crippen molar-refractivity contribution in [2.24, 2.45) is 5.92 Å². The van der Waals surface area contributed by atoms with Crippen molar-refractivity contribution in [2.75, 3.05) is 18.4 Å². The number of rotatable bonds is 7. The number of nitrogens with zero attached hydrogens (tertiary/aromatic N) is 4. The molecule has 1 atom stereocenters. The SMILES string of the molecule is CC(Nc1ncc2c(-c3ccc(CN4CCCCC4)cc3)cn(C3CCC(O)CC3)c2n1)C1CCC1. The van der Waals surface area contributed by atoms with E-state index in [9.17, 15) is 5.11 Å². The van der Waals surface area contributed by atoms with Gasteiger partial charge in [0.25, 0.3) is 0 Å². The first kappa shape index (κ1) is 23.9. The fourth-order valence-corrected chi connectivity index (χ4v) is 6.37. The number of benzene rings is 1. The summed E-state index contributed by atoms with van der Waals surface area (Å²) in [5.74, 6) is 1.47. The number of aliphatic hydroxyl groups is 1. The Kier molecular flexibility index (Phi) is 6.98. The van der Waals surface area contributed by atoms with Crippen molar-refractivity contribution in [3.63, 3.8) is 0 Å². The van der Waals surface area contributed by atoms with Crippen LogP contribution in [0.5, 0.6) is 0 Å². The van der Waals surface area contributed by atoms with Crippen LogP contribution in [0.15, 0.2) is 36.7 Å². The molecule has 1 unspecified atom stereocenters. The van der Waals surface area contributed by atoms with Crippen molar-refractivity contribution in [1.82, 2.24) is 19.4 Å². The minimum absolute atomic E-state index is 0.162. The van der Waals surface area contributed by atoms with Gasteiger partial charge in [-0.3, -0.25) is 4.90 Å². The zero-order valence-electron chi connectivity index (χ0n) is 21.7. The second kappa shape index (κ2) is 10.5. The Bertz CT molecular complexity index is 1150. The highest BCUT2D eigenvalue weighted by Gasteiger charge is 2.26. The molecule has 1 aromatic carbocycles. The van der Waals surface area contributed by atoms with Gasteiger partial charge in [0.15, 0.2) is 0 Å². The Morgan fingerprint density at radius 3 is 2.42 bits per heavy atom. The van der Waals surface area contributed by atoms with E-state index in [1.165, 1.54) is 68.3 Å². The van der Waals surface area contributed by atoms with Crippen LogP contribution in [0.25, 0.3) is 22.2 Å². The van der Waals surface area contributed by atoms with Crippen LogP contribution in [0, 0.1) is 5.92 Å². The summed E-state index contributed by atoms with van der Waals surface area (Å²) in [7, 11) is 0. The number of hydrogen-bond donors (Lipinski definition) is 2. The molecule has 2 aromatic heterocycles. The fourth-order valence-electron chi connectivity index (χ4n) is 6.37. The van der Waals surface area contributed by atoms with Gasteiger partial charge in [-0.25, -0.2) is 4.98 Å². The van der Waals surface area contributed by atoms with E-state index in [4.69, 9.17) is 9.97 Å². The lowest BCUT2D eigenvalue weighted by Gasteiger charge is -2.31. The third kappa shape index (κ3) is 5.03. The van der Waals surface area contributed by atoms with E-state index < -0.39 is 0 Å². The van der Waals surface area contributed by atoms with Crippen LogP contribution < -0.4 is 5.32 Å². The van der Waals surface area contributed by atoms with Gasteiger partial charge in [0.2, 0.25) is 5.95 Å². The summed E-state index contributed by atoms with van der Waals surface area (Å²) in [6, 6.07) is 9.90. The van der Waals surface area contributed by atoms with Crippen molar-refractivity contribution < 1.29 is 5.11 Å². The van der Waals surface area contributed by atoms with Crippen molar-refractivity contribution in [3.8, 4) is 11.1 Å². The molecule has 192 valence electrons. The van der Waals surface area contributed by atoms with Crippen molar-refractivity contribution in [3.05, 3.63) is 42.2 Å². The molecule has 0 bridgehead atoms. The first-order valence-corrected chi connectivity index (χ1v) is 14.3. The maximum atomic E-state index is 10.1. The Morgan fingerprint density at radius 1 is 0.972 bits per heavy atom. The van der Waals surface area contributed by atoms with Gasteiger partial charge < -0.3 is 15.0 Å². The quantitative estimate of drug-likeness (QED) is 0.418. The second-order valence-electron chi connectivity index (χ2n) is 11.5. The van der Waals surface area contributed by atoms with Gasteiger partial charge in [-0.1, -0.05) is 37.1 Å². The number of likely N-dealkylation sites (tertiary alicyclic amines) is 1. The number of fused-ring (bicyclic) bond motifs is 1. The van der Waals surface area contributed by atoms with Crippen LogP contribution in [0.1, 0.15) is 82.7 Å². The molecule has 3 heterocycles. The van der Waals surface area contributed by atoms with Gasteiger partial charge in [-0.15, -0.1) is 0 Å². The predicted octanol–water partition coefficient (Wildman–Crippen LogP) is 6.16. The lowest BCUT2D eigenvalue weighted by Crippen LogP contribution is -2.31. The van der Waals surface area contributed by atoms with Crippen molar-refractivity contribution >= 4 is 17.0 Å². The lowest BCUT2D eigenvalue weighted by atomic mass is 9.80. The van der Waals surface area contributed by atoms with Crippen molar-refractivity contribution in [1.29, 1.82) is 0 Å². The van der Waals surface area contributed by atoms with Gasteiger partial charge in [0, 0.05) is 42.0 Å². The number of nitrogens with one attached hydrogen (secondary N) is 1. The second-order valence-corrected chi connectivity index (χ2v) is 11.5. The molecule has 6 nitrogen and oxygen atoms in total. The summed E-state index contributed by atoms with van der Waals surface area (Å²) in [4.78, 5) is 12.4. The van der Waals surface area contributed by atoms with Crippen LogP contribution >= 0.6 is 0 Å². The van der Waals surface area contributed by atoms with Crippen LogP contribution in [0.4, 0.5) is 5.95 Å². The molecule has 6 rings (SSSR count). The molecule has 1 saturated heterocycles. The van der Waals surface area contributed by atoms with E-state index in [0.717, 1.165) is 55.1 Å². The molecule has 0 amide bonds. The van der Waals surface area contributed by atoms with Crippen LogP contribution in [-0.4, -0.2) is 49.8 Å². The minimum Gasteiger partial charge on any atom is -0.393 e. The zero-order valence-corrected chi connectivity index (χ0v) is 21.7. The number of aromatic nitrogens is 3. The smallest absolute Gasteiger partial charge is 0.224 e. The number of hydrogen-bond acceptors (Lipinski definition) is 5. The highest BCUT2D eigenvalue weighted by Crippen LogP contribution is 2.37. The van der Waals surface area contributed by atoms with Gasteiger partial charge in [0.1, 0.15) is 5.65 Å². The van der Waals surface area contributed by atoms with Crippen LogP contribution in [0.2, 0.25) is 0 Å². The molecule has 2 N–H and O–H groups in total. The molecule has 3 fully saturated rings. The molecule has 0 radical (unpaired) electrons. The van der Waals surface area contributed by atoms with E-state index in [1.54, 1.807) is 0 Å². The fraction of sp³-hybridized carbons (Fsp3) is 0.600. The Labute approximate surface area is 215 Å². The number of anilines is 1. The average Bonchev–Trinajstić information content (AvgIpc) is 3.23. The Hall–Kier alpha value is -2.44. The molecule has 6 heteroatoms. The molecule has 36 heavy (non-hydrogen) atoms. The lowest BCUT2D eigenvalue weighted by molar-refractivity contribution is 0.111. The first-order valence-electron chi connectivity index (χ1n) is 14.3. The Morgan fingerprint density at radius 2 is 1.72 bits per heavy atom. The maximum Gasteiger partial charge on any atom is 0.224 e. The molecule has 2 saturated carbocycles. The van der Waals surface area contributed by atoms with Crippen molar-refractivity contribution in [2.45, 2.75) is 95.9 Å². The highest BCUT2D eigenvalue weighted by molar-refractivity contribution is 5.94. The minimum atomic E-state index is -0.162. The summed E-state index contributed by atoms with van der Waals surface area (Å²) in [6.45, 7) is 5.75. The third-order valence-electron chi connectivity index (χ3n) is 8.96. The normalized spacial score (nSPS) is 24.5. The predicted molar refractivity (Wildman–Crippen MR) is 146 cm³/mol. The van der Waals surface area contributed by atoms with Crippen LogP contribution in [-0.2, 0) is 6.54 Å². The molecular formula is C30H41N5O. The molecule has 1 aliphatic heterocycles. The number of piperidine rings is 1. The molecule has 2 aliphatic carbocycles. The standard InChI is InChI=1S/C30H41N5O/c1-21(23-6-5-7-23)32-30-31-18-27-28(20-35(29(27)33-30)25-12-14-26(36)15-13-25)24-10-8-22(9-11-24)19-34-16-3-2-4-17-34/h8-11,18,20-21,23,25-26,36H,2-7,12-17,19H2,1H3,(H,31,32,33). The average molecular weight is 488 g/mol. The van der Waals surface area contributed by atoms with Crippen LogP contribution in [0.3, 0.4) is 0 Å². The van der Waals surface area contributed by atoms with Gasteiger partial charge >= 0.3 is 0 Å². The van der Waals surface area contributed by atoms with Gasteiger partial charge in [-0.05, 0) is 88.4 Å². The van der Waals surface area contributed by atoms with E-state index >= 15 is 0 Å². The van der Waals surface area contributed by atoms with E-state index in [0.29, 0.717) is 12.1 Å². The monoisotopic (exact) mass is 487 g/mol. The summed E-state index contributed by atoms with van der Waals surface area (Å²) in [5.41, 5.74) is 4.84. The van der Waals surface area contributed by atoms with E-state index in [1.807, 2.05) is 6.20 Å².